The Bertz CT molecular complexity index is 386. The highest BCUT2D eigenvalue weighted by Gasteiger charge is 2.58. The molecule has 0 unspecified atom stereocenters. The van der Waals surface area contributed by atoms with Crippen LogP contribution in [0.2, 0.25) is 0 Å². The zero-order chi connectivity index (χ0) is 13.4. The van der Waals surface area contributed by atoms with E-state index in [9.17, 15) is 19.2 Å². The molecule has 0 aromatic carbocycles. The van der Waals surface area contributed by atoms with Gasteiger partial charge in [0.15, 0.2) is 0 Å². The van der Waals surface area contributed by atoms with E-state index >= 15 is 0 Å². The molecule has 0 heterocycles. The maximum absolute atomic E-state index is 11.8. The lowest BCUT2D eigenvalue weighted by molar-refractivity contribution is -0.151. The third-order valence-corrected chi connectivity index (χ3v) is 3.88. The van der Waals surface area contributed by atoms with Gasteiger partial charge in [-0.05, 0) is 11.8 Å². The fraction of sp³-hybridized carbons (Fsp3) is 0.667. The zero-order valence-electron chi connectivity index (χ0n) is 10.2. The smallest absolute Gasteiger partial charge is 0.316 e. The van der Waals surface area contributed by atoms with Gasteiger partial charge in [0, 0.05) is 12.8 Å². The molecule has 6 nitrogen and oxygen atoms in total. The number of rotatable bonds is 2. The third-order valence-electron chi connectivity index (χ3n) is 3.88. The monoisotopic (exact) mass is 254 g/mol. The van der Waals surface area contributed by atoms with Gasteiger partial charge in [-0.1, -0.05) is 0 Å². The molecule has 0 amide bonds. The maximum atomic E-state index is 11.8. The number of carbonyl (C=O) groups is 4. The van der Waals surface area contributed by atoms with Gasteiger partial charge in [0.2, 0.25) is 0 Å². The molecule has 0 saturated heterocycles. The van der Waals surface area contributed by atoms with Crippen molar-refractivity contribution in [2.24, 2.45) is 23.7 Å². The molecule has 18 heavy (non-hydrogen) atoms. The molecule has 6 heteroatoms. The summed E-state index contributed by atoms with van der Waals surface area (Å²) < 4.78 is 9.17. The van der Waals surface area contributed by atoms with Gasteiger partial charge in [-0.2, -0.15) is 0 Å². The van der Waals surface area contributed by atoms with Gasteiger partial charge >= 0.3 is 11.9 Å². The van der Waals surface area contributed by atoms with Crippen molar-refractivity contribution < 1.29 is 28.7 Å². The quantitative estimate of drug-likeness (QED) is 0.498. The zero-order valence-corrected chi connectivity index (χ0v) is 10.2. The molecule has 0 bridgehead atoms. The van der Waals surface area contributed by atoms with Crippen LogP contribution in [0, 0.1) is 23.7 Å². The molecule has 0 spiro atoms. The molecule has 0 aliphatic heterocycles. The summed E-state index contributed by atoms with van der Waals surface area (Å²) >= 11 is 0. The fourth-order valence-corrected chi connectivity index (χ4v) is 3.10. The molecule has 2 rings (SSSR count). The normalized spacial score (nSPS) is 34.3. The van der Waals surface area contributed by atoms with Crippen molar-refractivity contribution in [2.45, 2.75) is 12.8 Å². The van der Waals surface area contributed by atoms with Gasteiger partial charge in [0.1, 0.15) is 23.4 Å². The predicted molar refractivity (Wildman–Crippen MR) is 57.2 cm³/mol. The first kappa shape index (κ1) is 12.7. The SMILES string of the molecule is COC(=O)[C@H]1C(=O)C[C@H]2[C@H](C(=O)OC)C(=O)C[C@@H]12. The van der Waals surface area contributed by atoms with Gasteiger partial charge in [0.05, 0.1) is 14.2 Å². The average molecular weight is 254 g/mol. The van der Waals surface area contributed by atoms with Crippen molar-refractivity contribution in [3.05, 3.63) is 0 Å². The number of hydrogen-bond acceptors (Lipinski definition) is 6. The number of methoxy groups -OCH3 is 2. The predicted octanol–water partition coefficient (Wildman–Crippen LogP) is -0.257. The number of Topliss-reactive ketones (excluding diaryl/α,β-unsaturated/α-hetero) is 2. The van der Waals surface area contributed by atoms with E-state index in [1.807, 2.05) is 0 Å². The summed E-state index contributed by atoms with van der Waals surface area (Å²) in [5.41, 5.74) is 0. The Labute approximate surface area is 104 Å². The Morgan fingerprint density at radius 3 is 1.50 bits per heavy atom. The van der Waals surface area contributed by atoms with Crippen LogP contribution in [0.3, 0.4) is 0 Å². The van der Waals surface area contributed by atoms with Crippen molar-refractivity contribution in [1.82, 2.24) is 0 Å². The van der Waals surface area contributed by atoms with Crippen LogP contribution in [0.15, 0.2) is 0 Å². The fourth-order valence-electron chi connectivity index (χ4n) is 3.10. The number of ether oxygens (including phenoxy) is 2. The number of ketones is 2. The van der Waals surface area contributed by atoms with Gasteiger partial charge in [-0.3, -0.25) is 19.2 Å². The van der Waals surface area contributed by atoms with Crippen LogP contribution in [-0.2, 0) is 28.7 Å². The molecule has 0 aromatic rings. The highest BCUT2D eigenvalue weighted by Crippen LogP contribution is 2.48. The van der Waals surface area contributed by atoms with E-state index in [4.69, 9.17) is 0 Å². The largest absolute Gasteiger partial charge is 0.468 e. The van der Waals surface area contributed by atoms with Crippen molar-refractivity contribution in [3.63, 3.8) is 0 Å². The van der Waals surface area contributed by atoms with Crippen LogP contribution >= 0.6 is 0 Å². The molecule has 0 aromatic heterocycles. The maximum Gasteiger partial charge on any atom is 0.316 e. The molecular formula is C12H14O6. The second kappa shape index (κ2) is 4.51. The Kier molecular flexibility index (Phi) is 3.19. The molecule has 0 radical (unpaired) electrons. The summed E-state index contributed by atoms with van der Waals surface area (Å²) in [6, 6.07) is 0. The van der Waals surface area contributed by atoms with Gasteiger partial charge < -0.3 is 9.47 Å². The summed E-state index contributed by atoms with van der Waals surface area (Å²) in [4.78, 5) is 46.7. The minimum absolute atomic E-state index is 0.0654. The van der Waals surface area contributed by atoms with Gasteiger partial charge in [0.25, 0.3) is 0 Å². The van der Waals surface area contributed by atoms with E-state index in [1.165, 1.54) is 14.2 Å². The number of fused-ring (bicyclic) bond motifs is 1. The third kappa shape index (κ3) is 1.72. The van der Waals surface area contributed by atoms with Crippen LogP contribution < -0.4 is 0 Å². The minimum Gasteiger partial charge on any atom is -0.468 e. The lowest BCUT2D eigenvalue weighted by Gasteiger charge is -2.15. The van der Waals surface area contributed by atoms with Crippen LogP contribution in [0.25, 0.3) is 0 Å². The molecule has 2 saturated carbocycles. The highest BCUT2D eigenvalue weighted by molar-refractivity contribution is 6.07. The summed E-state index contributed by atoms with van der Waals surface area (Å²) in [6.45, 7) is 0. The van der Waals surface area contributed by atoms with Crippen LogP contribution in [-0.4, -0.2) is 37.7 Å². The minimum atomic E-state index is -0.904. The number of carbonyl (C=O) groups excluding carboxylic acids is 4. The summed E-state index contributed by atoms with van der Waals surface area (Å²) in [5.74, 6) is -4.38. The van der Waals surface area contributed by atoms with Crippen LogP contribution in [0.5, 0.6) is 0 Å². The van der Waals surface area contributed by atoms with Crippen molar-refractivity contribution in [1.29, 1.82) is 0 Å². The molecule has 98 valence electrons. The molecule has 2 aliphatic carbocycles. The molecule has 4 atom stereocenters. The number of esters is 2. The van der Waals surface area contributed by atoms with Gasteiger partial charge in [-0.15, -0.1) is 0 Å². The van der Waals surface area contributed by atoms with E-state index < -0.39 is 35.6 Å². The summed E-state index contributed by atoms with van der Waals surface area (Å²) in [5, 5.41) is 0. The van der Waals surface area contributed by atoms with Crippen molar-refractivity contribution >= 4 is 23.5 Å². The topological polar surface area (TPSA) is 86.7 Å². The highest BCUT2D eigenvalue weighted by atomic mass is 16.5. The molecule has 0 N–H and O–H groups in total. The molecule has 2 fully saturated rings. The standard InChI is InChI=1S/C12H14O6/c1-17-11(15)9-5-3-8(14)10(12(16)18-2)6(5)4-7(9)13/h5-6,9-10H,3-4H2,1-2H3/t5-,6-,9-,10+/m1/s1. The first-order chi connectivity index (χ1) is 8.51. The Morgan fingerprint density at radius 2 is 1.22 bits per heavy atom. The second-order valence-corrected chi connectivity index (χ2v) is 4.67. The van der Waals surface area contributed by atoms with E-state index in [0.29, 0.717) is 0 Å². The number of hydrogen-bond donors (Lipinski definition) is 0. The average Bonchev–Trinajstić information content (AvgIpc) is 2.80. The lowest BCUT2D eigenvalue weighted by atomic mass is 9.89. The van der Waals surface area contributed by atoms with Crippen molar-refractivity contribution in [2.75, 3.05) is 14.2 Å². The Hall–Kier alpha value is -1.72. The van der Waals surface area contributed by atoms with E-state index in [1.54, 1.807) is 0 Å². The van der Waals surface area contributed by atoms with Crippen molar-refractivity contribution in [3.8, 4) is 0 Å². The van der Waals surface area contributed by atoms with E-state index in [2.05, 4.69) is 9.47 Å². The van der Waals surface area contributed by atoms with E-state index in [0.717, 1.165) is 0 Å². The Balaban J connectivity index is 2.27. The second-order valence-electron chi connectivity index (χ2n) is 4.67. The van der Waals surface area contributed by atoms with Gasteiger partial charge in [-0.25, -0.2) is 0 Å². The van der Waals surface area contributed by atoms with E-state index in [-0.39, 0.29) is 24.4 Å². The Morgan fingerprint density at radius 1 is 0.889 bits per heavy atom. The van der Waals surface area contributed by atoms with Crippen LogP contribution in [0.4, 0.5) is 0 Å². The first-order valence-corrected chi connectivity index (χ1v) is 5.72. The summed E-state index contributed by atoms with van der Waals surface area (Å²) in [6.07, 6.45) is 0.131. The molecule has 2 aliphatic rings. The summed E-state index contributed by atoms with van der Waals surface area (Å²) in [7, 11) is 2.41. The van der Waals surface area contributed by atoms with Crippen LogP contribution in [0.1, 0.15) is 12.8 Å². The molecular weight excluding hydrogens is 240 g/mol. The lowest BCUT2D eigenvalue weighted by Crippen LogP contribution is -2.26. The first-order valence-electron chi connectivity index (χ1n) is 5.72.